The summed E-state index contributed by atoms with van der Waals surface area (Å²) in [6, 6.07) is 14.1. The second-order valence-corrected chi connectivity index (χ2v) is 4.28. The SMILES string of the molecule is CCNCC(O)COc1ccc2ccccc2c1. The van der Waals surface area contributed by atoms with Crippen LogP contribution >= 0.6 is 0 Å². The molecular formula is C15H19NO2. The highest BCUT2D eigenvalue weighted by Gasteiger charge is 2.04. The molecule has 2 N–H and O–H groups in total. The van der Waals surface area contributed by atoms with Crippen LogP contribution in [0.2, 0.25) is 0 Å². The molecule has 0 aliphatic rings. The zero-order chi connectivity index (χ0) is 12.8. The Labute approximate surface area is 107 Å². The molecule has 0 saturated heterocycles. The molecule has 2 aromatic rings. The predicted molar refractivity (Wildman–Crippen MR) is 74.0 cm³/mol. The summed E-state index contributed by atoms with van der Waals surface area (Å²) in [5.41, 5.74) is 0. The van der Waals surface area contributed by atoms with Crippen LogP contribution in [0.1, 0.15) is 6.92 Å². The molecular weight excluding hydrogens is 226 g/mol. The maximum atomic E-state index is 9.67. The molecule has 2 aromatic carbocycles. The van der Waals surface area contributed by atoms with Crippen molar-refractivity contribution in [1.82, 2.24) is 5.32 Å². The van der Waals surface area contributed by atoms with Crippen molar-refractivity contribution in [3.05, 3.63) is 42.5 Å². The highest BCUT2D eigenvalue weighted by Crippen LogP contribution is 2.20. The first-order valence-corrected chi connectivity index (χ1v) is 6.30. The third-order valence-electron chi connectivity index (χ3n) is 2.79. The zero-order valence-electron chi connectivity index (χ0n) is 10.6. The molecule has 0 radical (unpaired) electrons. The normalized spacial score (nSPS) is 12.6. The average Bonchev–Trinajstić information content (AvgIpc) is 2.42. The summed E-state index contributed by atoms with van der Waals surface area (Å²) in [5.74, 6) is 0.796. The lowest BCUT2D eigenvalue weighted by atomic mass is 10.1. The molecule has 3 nitrogen and oxygen atoms in total. The van der Waals surface area contributed by atoms with Crippen molar-refractivity contribution in [3.8, 4) is 5.75 Å². The van der Waals surface area contributed by atoms with Gasteiger partial charge in [-0.2, -0.15) is 0 Å². The van der Waals surface area contributed by atoms with E-state index in [1.807, 2.05) is 37.3 Å². The number of aliphatic hydroxyl groups excluding tert-OH is 1. The first-order chi connectivity index (χ1) is 8.79. The highest BCUT2D eigenvalue weighted by molar-refractivity contribution is 5.83. The van der Waals surface area contributed by atoms with Gasteiger partial charge in [-0.3, -0.25) is 0 Å². The van der Waals surface area contributed by atoms with Gasteiger partial charge >= 0.3 is 0 Å². The van der Waals surface area contributed by atoms with Crippen molar-refractivity contribution in [2.75, 3.05) is 19.7 Å². The van der Waals surface area contributed by atoms with Crippen molar-refractivity contribution in [2.45, 2.75) is 13.0 Å². The van der Waals surface area contributed by atoms with Gasteiger partial charge in [-0.25, -0.2) is 0 Å². The van der Waals surface area contributed by atoms with Crippen LogP contribution in [0.4, 0.5) is 0 Å². The summed E-state index contributed by atoms with van der Waals surface area (Å²) in [6.45, 7) is 3.74. The second-order valence-electron chi connectivity index (χ2n) is 4.28. The first kappa shape index (κ1) is 12.9. The van der Waals surface area contributed by atoms with Gasteiger partial charge < -0.3 is 15.2 Å². The van der Waals surface area contributed by atoms with Gasteiger partial charge in [0.1, 0.15) is 18.5 Å². The Morgan fingerprint density at radius 3 is 2.72 bits per heavy atom. The van der Waals surface area contributed by atoms with Gasteiger partial charge in [0, 0.05) is 6.54 Å². The Bertz CT molecular complexity index is 499. The van der Waals surface area contributed by atoms with Gasteiger partial charge in [-0.1, -0.05) is 37.3 Å². The number of hydrogen-bond donors (Lipinski definition) is 2. The molecule has 0 aliphatic heterocycles. The number of likely N-dealkylation sites (N-methyl/N-ethyl adjacent to an activating group) is 1. The molecule has 1 unspecified atom stereocenters. The summed E-state index contributed by atoms with van der Waals surface area (Å²) in [6.07, 6.45) is -0.476. The van der Waals surface area contributed by atoms with E-state index in [0.717, 1.165) is 17.7 Å². The predicted octanol–water partition coefficient (Wildman–Crippen LogP) is 2.19. The van der Waals surface area contributed by atoms with E-state index in [2.05, 4.69) is 17.4 Å². The van der Waals surface area contributed by atoms with Crippen LogP contribution in [0.5, 0.6) is 5.75 Å². The van der Waals surface area contributed by atoms with E-state index >= 15 is 0 Å². The van der Waals surface area contributed by atoms with Crippen LogP contribution in [0.3, 0.4) is 0 Å². The Balaban J connectivity index is 1.95. The van der Waals surface area contributed by atoms with Crippen molar-refractivity contribution >= 4 is 10.8 Å². The van der Waals surface area contributed by atoms with Gasteiger partial charge in [-0.15, -0.1) is 0 Å². The molecule has 0 heterocycles. The molecule has 0 bridgehead atoms. The Morgan fingerprint density at radius 2 is 1.94 bits per heavy atom. The van der Waals surface area contributed by atoms with Gasteiger partial charge in [0.15, 0.2) is 0 Å². The molecule has 0 spiro atoms. The van der Waals surface area contributed by atoms with Crippen molar-refractivity contribution in [3.63, 3.8) is 0 Å². The lowest BCUT2D eigenvalue weighted by Gasteiger charge is -2.13. The third kappa shape index (κ3) is 3.45. The minimum atomic E-state index is -0.476. The largest absolute Gasteiger partial charge is 0.491 e. The standard InChI is InChI=1S/C15H19NO2/c1-2-16-10-14(17)11-18-15-8-7-12-5-3-4-6-13(12)9-15/h3-9,14,16-17H,2,10-11H2,1H3. The summed E-state index contributed by atoms with van der Waals surface area (Å²) in [5, 5.41) is 15.1. The Hall–Kier alpha value is -1.58. The lowest BCUT2D eigenvalue weighted by Crippen LogP contribution is -2.31. The Kier molecular flexibility index (Phi) is 4.56. The number of rotatable bonds is 6. The minimum Gasteiger partial charge on any atom is -0.491 e. The summed E-state index contributed by atoms with van der Waals surface area (Å²) in [4.78, 5) is 0. The maximum Gasteiger partial charge on any atom is 0.120 e. The van der Waals surface area contributed by atoms with Crippen molar-refractivity contribution < 1.29 is 9.84 Å². The Morgan fingerprint density at radius 1 is 1.17 bits per heavy atom. The number of fused-ring (bicyclic) bond motifs is 1. The fraction of sp³-hybridized carbons (Fsp3) is 0.333. The smallest absolute Gasteiger partial charge is 0.120 e. The van der Waals surface area contributed by atoms with E-state index in [1.165, 1.54) is 5.39 Å². The molecule has 18 heavy (non-hydrogen) atoms. The summed E-state index contributed by atoms with van der Waals surface area (Å²) in [7, 11) is 0. The fourth-order valence-corrected chi connectivity index (χ4v) is 1.82. The van der Waals surface area contributed by atoms with E-state index in [0.29, 0.717) is 13.2 Å². The number of ether oxygens (including phenoxy) is 1. The van der Waals surface area contributed by atoms with Crippen LogP contribution in [0.15, 0.2) is 42.5 Å². The van der Waals surface area contributed by atoms with Crippen molar-refractivity contribution in [1.29, 1.82) is 0 Å². The molecule has 0 amide bonds. The number of nitrogens with one attached hydrogen (secondary N) is 1. The van der Waals surface area contributed by atoms with Crippen LogP contribution in [0, 0.1) is 0 Å². The molecule has 96 valence electrons. The quantitative estimate of drug-likeness (QED) is 0.819. The van der Waals surface area contributed by atoms with E-state index in [-0.39, 0.29) is 0 Å². The van der Waals surface area contributed by atoms with Crippen LogP contribution in [0.25, 0.3) is 10.8 Å². The van der Waals surface area contributed by atoms with Crippen LogP contribution in [-0.4, -0.2) is 30.9 Å². The monoisotopic (exact) mass is 245 g/mol. The summed E-state index contributed by atoms with van der Waals surface area (Å²) >= 11 is 0. The number of hydrogen-bond acceptors (Lipinski definition) is 3. The number of aliphatic hydroxyl groups is 1. The van der Waals surface area contributed by atoms with E-state index < -0.39 is 6.10 Å². The van der Waals surface area contributed by atoms with Gasteiger partial charge in [0.2, 0.25) is 0 Å². The zero-order valence-corrected chi connectivity index (χ0v) is 10.6. The van der Waals surface area contributed by atoms with E-state index in [9.17, 15) is 5.11 Å². The van der Waals surface area contributed by atoms with Crippen molar-refractivity contribution in [2.24, 2.45) is 0 Å². The average molecular weight is 245 g/mol. The topological polar surface area (TPSA) is 41.5 Å². The first-order valence-electron chi connectivity index (χ1n) is 6.30. The van der Waals surface area contributed by atoms with E-state index in [1.54, 1.807) is 0 Å². The molecule has 0 fully saturated rings. The lowest BCUT2D eigenvalue weighted by molar-refractivity contribution is 0.107. The molecule has 3 heteroatoms. The second kappa shape index (κ2) is 6.38. The molecule has 2 rings (SSSR count). The van der Waals surface area contributed by atoms with Gasteiger partial charge in [0.05, 0.1) is 0 Å². The summed E-state index contributed by atoms with van der Waals surface area (Å²) < 4.78 is 5.58. The van der Waals surface area contributed by atoms with Gasteiger partial charge in [0.25, 0.3) is 0 Å². The van der Waals surface area contributed by atoms with E-state index in [4.69, 9.17) is 4.74 Å². The molecule has 1 atom stereocenters. The fourth-order valence-electron chi connectivity index (χ4n) is 1.82. The molecule has 0 aliphatic carbocycles. The third-order valence-corrected chi connectivity index (χ3v) is 2.79. The van der Waals surface area contributed by atoms with Crippen LogP contribution < -0.4 is 10.1 Å². The van der Waals surface area contributed by atoms with Crippen LogP contribution in [-0.2, 0) is 0 Å². The minimum absolute atomic E-state index is 0.311. The number of benzene rings is 2. The van der Waals surface area contributed by atoms with Gasteiger partial charge in [-0.05, 0) is 29.4 Å². The highest BCUT2D eigenvalue weighted by atomic mass is 16.5. The molecule has 0 aromatic heterocycles. The maximum absolute atomic E-state index is 9.67. The molecule has 0 saturated carbocycles.